The van der Waals surface area contributed by atoms with Crippen LogP contribution in [0.3, 0.4) is 0 Å². The van der Waals surface area contributed by atoms with Gasteiger partial charge in [0.2, 0.25) is 0 Å². The fourth-order valence-corrected chi connectivity index (χ4v) is 3.83. The lowest BCUT2D eigenvalue weighted by atomic mass is 10.0. The Morgan fingerprint density at radius 1 is 1.19 bits per heavy atom. The first-order valence-electron chi connectivity index (χ1n) is 10.4. The Balaban J connectivity index is 1.82. The second kappa shape index (κ2) is 10.4. The number of hydrogen-bond donors (Lipinski definition) is 3. The number of nitrogens with zero attached hydrogens (tertiary/aromatic N) is 1. The minimum absolute atomic E-state index is 0.0502. The number of H-pyrrole nitrogens is 1. The SMILES string of the molecule is CCOc1ccc(NC(=S)N(CCCO)Cc2cc3c(C)cc(C)cc3[nH]c2=O)cc1. The maximum absolute atomic E-state index is 12.7. The summed E-state index contributed by atoms with van der Waals surface area (Å²) in [6.07, 6.45) is 0.550. The zero-order valence-electron chi connectivity index (χ0n) is 18.2. The minimum atomic E-state index is -0.129. The summed E-state index contributed by atoms with van der Waals surface area (Å²) >= 11 is 5.63. The van der Waals surface area contributed by atoms with Gasteiger partial charge in [0.25, 0.3) is 5.56 Å². The number of nitrogens with one attached hydrogen (secondary N) is 2. The molecule has 0 aliphatic rings. The molecule has 0 spiro atoms. The van der Waals surface area contributed by atoms with Crippen LogP contribution in [0, 0.1) is 13.8 Å². The van der Waals surface area contributed by atoms with Gasteiger partial charge in [-0.25, -0.2) is 0 Å². The van der Waals surface area contributed by atoms with E-state index < -0.39 is 0 Å². The summed E-state index contributed by atoms with van der Waals surface area (Å²) in [6, 6.07) is 13.6. The fourth-order valence-electron chi connectivity index (χ4n) is 3.56. The van der Waals surface area contributed by atoms with Crippen molar-refractivity contribution >= 4 is 33.9 Å². The van der Waals surface area contributed by atoms with Gasteiger partial charge < -0.3 is 25.0 Å². The number of ether oxygens (including phenoxy) is 1. The number of benzene rings is 2. The van der Waals surface area contributed by atoms with Gasteiger partial charge in [0.1, 0.15) is 5.75 Å². The number of thiocarbonyl (C=S) groups is 1. The van der Waals surface area contributed by atoms with E-state index in [-0.39, 0.29) is 12.2 Å². The molecule has 3 aromatic rings. The maximum atomic E-state index is 12.7. The predicted octanol–water partition coefficient (Wildman–Crippen LogP) is 4.13. The van der Waals surface area contributed by atoms with Crippen LogP contribution in [0.1, 0.15) is 30.0 Å². The van der Waals surface area contributed by atoms with Crippen molar-refractivity contribution in [3.05, 3.63) is 69.5 Å². The van der Waals surface area contributed by atoms with Gasteiger partial charge in [-0.2, -0.15) is 0 Å². The summed E-state index contributed by atoms with van der Waals surface area (Å²) in [5, 5.41) is 14.1. The first-order valence-corrected chi connectivity index (χ1v) is 10.8. The molecule has 7 heteroatoms. The molecule has 0 unspecified atom stereocenters. The number of aliphatic hydroxyl groups excluding tert-OH is 1. The molecule has 0 aliphatic heterocycles. The normalized spacial score (nSPS) is 10.8. The number of fused-ring (bicyclic) bond motifs is 1. The van der Waals surface area contributed by atoms with Crippen LogP contribution in [0.5, 0.6) is 5.75 Å². The van der Waals surface area contributed by atoms with Gasteiger partial charge in [0.05, 0.1) is 13.2 Å². The van der Waals surface area contributed by atoms with Crippen molar-refractivity contribution in [3.63, 3.8) is 0 Å². The molecular formula is C24H29N3O3S. The molecule has 3 rings (SSSR count). The van der Waals surface area contributed by atoms with Crippen LogP contribution in [-0.4, -0.2) is 39.9 Å². The van der Waals surface area contributed by atoms with E-state index in [0.717, 1.165) is 33.5 Å². The third-order valence-electron chi connectivity index (χ3n) is 5.04. The maximum Gasteiger partial charge on any atom is 0.253 e. The summed E-state index contributed by atoms with van der Waals surface area (Å²) in [5.74, 6) is 0.796. The average Bonchev–Trinajstić information content (AvgIpc) is 2.73. The number of aryl methyl sites for hydroxylation is 2. The van der Waals surface area contributed by atoms with Crippen molar-refractivity contribution < 1.29 is 9.84 Å². The lowest BCUT2D eigenvalue weighted by Gasteiger charge is -2.26. The topological polar surface area (TPSA) is 77.6 Å². The highest BCUT2D eigenvalue weighted by Crippen LogP contribution is 2.20. The summed E-state index contributed by atoms with van der Waals surface area (Å²) in [4.78, 5) is 17.6. The van der Waals surface area contributed by atoms with Crippen molar-refractivity contribution in [1.29, 1.82) is 0 Å². The van der Waals surface area contributed by atoms with E-state index >= 15 is 0 Å². The molecule has 6 nitrogen and oxygen atoms in total. The van der Waals surface area contributed by atoms with Gasteiger partial charge in [-0.3, -0.25) is 4.79 Å². The number of rotatable bonds is 8. The van der Waals surface area contributed by atoms with E-state index in [1.54, 1.807) is 0 Å². The Labute approximate surface area is 187 Å². The Morgan fingerprint density at radius 3 is 2.61 bits per heavy atom. The minimum Gasteiger partial charge on any atom is -0.494 e. The summed E-state index contributed by atoms with van der Waals surface area (Å²) < 4.78 is 5.47. The van der Waals surface area contributed by atoms with Crippen LogP contribution in [-0.2, 0) is 6.54 Å². The highest BCUT2D eigenvalue weighted by Gasteiger charge is 2.14. The molecule has 1 heterocycles. The van der Waals surface area contributed by atoms with Crippen LogP contribution >= 0.6 is 12.2 Å². The molecule has 0 saturated carbocycles. The van der Waals surface area contributed by atoms with Crippen molar-refractivity contribution in [1.82, 2.24) is 9.88 Å². The number of aliphatic hydroxyl groups is 1. The predicted molar refractivity (Wildman–Crippen MR) is 130 cm³/mol. The molecule has 0 atom stereocenters. The summed E-state index contributed by atoms with van der Waals surface area (Å²) in [5.41, 5.74) is 4.40. The van der Waals surface area contributed by atoms with Crippen LogP contribution in [0.2, 0.25) is 0 Å². The van der Waals surface area contributed by atoms with E-state index in [4.69, 9.17) is 17.0 Å². The lowest BCUT2D eigenvalue weighted by Crippen LogP contribution is -2.37. The second-order valence-electron chi connectivity index (χ2n) is 7.55. The van der Waals surface area contributed by atoms with Gasteiger partial charge in [0, 0.05) is 35.3 Å². The molecular weight excluding hydrogens is 410 g/mol. The van der Waals surface area contributed by atoms with E-state index in [2.05, 4.69) is 16.4 Å². The van der Waals surface area contributed by atoms with Crippen LogP contribution in [0.4, 0.5) is 5.69 Å². The highest BCUT2D eigenvalue weighted by atomic mass is 32.1. The van der Waals surface area contributed by atoms with E-state index in [9.17, 15) is 9.90 Å². The molecule has 164 valence electrons. The molecule has 0 fully saturated rings. The standard InChI is InChI=1S/C24H29N3O3S/c1-4-30-20-8-6-19(7-9-20)25-24(31)27(10-5-11-28)15-18-14-21-17(3)12-16(2)13-22(21)26-23(18)29/h6-9,12-14,28H,4-5,10-11,15H2,1-3H3,(H,25,31)(H,26,29). The third-order valence-corrected chi connectivity index (χ3v) is 5.40. The fraction of sp³-hybridized carbons (Fsp3) is 0.333. The number of pyridine rings is 1. The Kier molecular flexibility index (Phi) is 7.65. The number of aromatic amines is 1. The molecule has 31 heavy (non-hydrogen) atoms. The Hall–Kier alpha value is -2.90. The van der Waals surface area contributed by atoms with E-state index in [1.165, 1.54) is 0 Å². The quantitative estimate of drug-likeness (QED) is 0.458. The highest BCUT2D eigenvalue weighted by molar-refractivity contribution is 7.80. The molecule has 0 bridgehead atoms. The first-order chi connectivity index (χ1) is 14.9. The molecule has 0 aliphatic carbocycles. The third kappa shape index (κ3) is 5.83. The van der Waals surface area contributed by atoms with Gasteiger partial charge in [-0.15, -0.1) is 0 Å². The van der Waals surface area contributed by atoms with Gasteiger partial charge in [0.15, 0.2) is 5.11 Å². The van der Waals surface area contributed by atoms with Crippen LogP contribution in [0.25, 0.3) is 10.9 Å². The first kappa shape index (κ1) is 22.8. The number of anilines is 1. The molecule has 0 amide bonds. The Morgan fingerprint density at radius 2 is 1.94 bits per heavy atom. The monoisotopic (exact) mass is 439 g/mol. The van der Waals surface area contributed by atoms with Crippen LogP contribution in [0.15, 0.2) is 47.3 Å². The molecule has 0 radical (unpaired) electrons. The van der Waals surface area contributed by atoms with E-state index in [1.807, 2.05) is 62.1 Å². The Bertz CT molecular complexity index is 1110. The van der Waals surface area contributed by atoms with Crippen molar-refractivity contribution in [2.24, 2.45) is 0 Å². The number of hydrogen-bond acceptors (Lipinski definition) is 4. The van der Waals surface area contributed by atoms with Crippen molar-refractivity contribution in [2.75, 3.05) is 25.1 Å². The molecule has 0 saturated heterocycles. The van der Waals surface area contributed by atoms with Crippen LogP contribution < -0.4 is 15.6 Å². The molecule has 1 aromatic heterocycles. The summed E-state index contributed by atoms with van der Waals surface area (Å²) in [6.45, 7) is 7.54. The second-order valence-corrected chi connectivity index (χ2v) is 7.94. The van der Waals surface area contributed by atoms with Gasteiger partial charge in [-0.1, -0.05) is 6.07 Å². The zero-order valence-corrected chi connectivity index (χ0v) is 19.0. The van der Waals surface area contributed by atoms with E-state index in [0.29, 0.717) is 36.8 Å². The lowest BCUT2D eigenvalue weighted by molar-refractivity contribution is 0.265. The molecule has 2 aromatic carbocycles. The average molecular weight is 440 g/mol. The zero-order chi connectivity index (χ0) is 22.4. The smallest absolute Gasteiger partial charge is 0.253 e. The van der Waals surface area contributed by atoms with Gasteiger partial charge in [-0.05, 0) is 86.9 Å². The van der Waals surface area contributed by atoms with Crippen molar-refractivity contribution in [2.45, 2.75) is 33.7 Å². The summed E-state index contributed by atoms with van der Waals surface area (Å²) in [7, 11) is 0. The molecule has 3 N–H and O–H groups in total. The van der Waals surface area contributed by atoms with Crippen molar-refractivity contribution in [3.8, 4) is 5.75 Å². The number of aromatic nitrogens is 1. The largest absolute Gasteiger partial charge is 0.494 e. The van der Waals surface area contributed by atoms with Gasteiger partial charge >= 0.3 is 0 Å².